The summed E-state index contributed by atoms with van der Waals surface area (Å²) in [6.45, 7) is 1.87. The van der Waals surface area contributed by atoms with Gasteiger partial charge in [0.15, 0.2) is 5.82 Å². The summed E-state index contributed by atoms with van der Waals surface area (Å²) >= 11 is 0. The maximum Gasteiger partial charge on any atom is 0.293 e. The Balaban J connectivity index is 1.84. The van der Waals surface area contributed by atoms with Crippen LogP contribution in [0.2, 0.25) is 0 Å². The Kier molecular flexibility index (Phi) is 5.47. The number of hydrogen-bond donors (Lipinski definition) is 1. The number of anilines is 1. The van der Waals surface area contributed by atoms with Gasteiger partial charge in [-0.2, -0.15) is 0 Å². The van der Waals surface area contributed by atoms with Gasteiger partial charge in [-0.15, -0.1) is 0 Å². The number of carbonyl (C=O) groups excluding carboxylic acids is 1. The van der Waals surface area contributed by atoms with E-state index in [9.17, 15) is 9.59 Å². The highest BCUT2D eigenvalue weighted by atomic mass is 16.2. The molecule has 1 aromatic carbocycles. The first-order chi connectivity index (χ1) is 10.6. The Bertz CT molecular complexity index is 680. The molecule has 5 heteroatoms. The fourth-order valence-corrected chi connectivity index (χ4v) is 2.21. The molecule has 1 atom stereocenters. The highest BCUT2D eigenvalue weighted by Crippen LogP contribution is 2.12. The van der Waals surface area contributed by atoms with Crippen molar-refractivity contribution in [3.05, 3.63) is 58.6 Å². The molecular weight excluding hydrogens is 278 g/mol. The first-order valence-electron chi connectivity index (χ1n) is 7.44. The molecule has 0 radical (unpaired) electrons. The molecule has 116 valence electrons. The topological polar surface area (TPSA) is 64.0 Å². The third kappa shape index (κ3) is 4.28. The number of rotatable bonds is 6. The average Bonchev–Trinajstić information content (AvgIpc) is 2.52. The van der Waals surface area contributed by atoms with Gasteiger partial charge < -0.3 is 9.88 Å². The van der Waals surface area contributed by atoms with E-state index in [1.165, 1.54) is 16.3 Å². The Hall–Kier alpha value is -2.43. The van der Waals surface area contributed by atoms with Crippen LogP contribution in [0.15, 0.2) is 47.5 Å². The largest absolute Gasteiger partial charge is 0.314 e. The number of nitrogens with zero attached hydrogens (tertiary/aromatic N) is 2. The summed E-state index contributed by atoms with van der Waals surface area (Å²) in [5, 5.41) is 2.62. The first-order valence-corrected chi connectivity index (χ1v) is 7.44. The second kappa shape index (κ2) is 7.54. The molecule has 0 bridgehead atoms. The molecule has 1 amide bonds. The molecule has 0 saturated heterocycles. The number of carbonyl (C=O) groups is 1. The van der Waals surface area contributed by atoms with E-state index in [1.807, 2.05) is 25.1 Å². The van der Waals surface area contributed by atoms with Crippen LogP contribution in [0.1, 0.15) is 25.3 Å². The van der Waals surface area contributed by atoms with Gasteiger partial charge in [-0.05, 0) is 24.8 Å². The summed E-state index contributed by atoms with van der Waals surface area (Å²) in [6, 6.07) is 10.2. The van der Waals surface area contributed by atoms with Crippen LogP contribution in [0.3, 0.4) is 0 Å². The van der Waals surface area contributed by atoms with E-state index in [4.69, 9.17) is 0 Å². The van der Waals surface area contributed by atoms with Gasteiger partial charge in [-0.25, -0.2) is 4.98 Å². The van der Waals surface area contributed by atoms with Crippen molar-refractivity contribution in [1.29, 1.82) is 0 Å². The second-order valence-electron chi connectivity index (χ2n) is 5.46. The summed E-state index contributed by atoms with van der Waals surface area (Å²) in [5.41, 5.74) is 0.973. The normalized spacial score (nSPS) is 11.9. The minimum Gasteiger partial charge on any atom is -0.314 e. The summed E-state index contributed by atoms with van der Waals surface area (Å²) in [6.07, 6.45) is 5.70. The second-order valence-corrected chi connectivity index (χ2v) is 5.46. The molecule has 1 aromatic heterocycles. The van der Waals surface area contributed by atoms with Gasteiger partial charge in [0.2, 0.25) is 5.91 Å². The monoisotopic (exact) mass is 299 g/mol. The van der Waals surface area contributed by atoms with Gasteiger partial charge in [-0.3, -0.25) is 9.59 Å². The molecule has 2 rings (SSSR count). The third-order valence-corrected chi connectivity index (χ3v) is 3.65. The zero-order valence-electron chi connectivity index (χ0n) is 13.0. The predicted octanol–water partition coefficient (Wildman–Crippen LogP) is 2.38. The van der Waals surface area contributed by atoms with Crippen LogP contribution in [0.4, 0.5) is 5.82 Å². The average molecular weight is 299 g/mol. The van der Waals surface area contributed by atoms with Crippen LogP contribution >= 0.6 is 0 Å². The van der Waals surface area contributed by atoms with Gasteiger partial charge in [0.1, 0.15) is 0 Å². The van der Waals surface area contributed by atoms with Crippen LogP contribution in [0, 0.1) is 5.92 Å². The maximum absolute atomic E-state index is 12.1. The predicted molar refractivity (Wildman–Crippen MR) is 86.7 cm³/mol. The molecule has 2 aromatic rings. The fraction of sp³-hybridized carbons (Fsp3) is 0.353. The molecule has 1 N–H and O–H groups in total. The molecule has 0 aliphatic rings. The molecule has 5 nitrogen and oxygen atoms in total. The lowest BCUT2D eigenvalue weighted by atomic mass is 10.0. The van der Waals surface area contributed by atoms with Gasteiger partial charge in [0, 0.05) is 25.4 Å². The quantitative estimate of drug-likeness (QED) is 0.890. The van der Waals surface area contributed by atoms with Crippen LogP contribution in [0.5, 0.6) is 0 Å². The molecule has 0 spiro atoms. The van der Waals surface area contributed by atoms with Crippen molar-refractivity contribution in [2.75, 3.05) is 5.32 Å². The summed E-state index contributed by atoms with van der Waals surface area (Å²) in [5.74, 6) is -0.232. The smallest absolute Gasteiger partial charge is 0.293 e. The van der Waals surface area contributed by atoms with Crippen molar-refractivity contribution in [2.45, 2.75) is 26.2 Å². The van der Waals surface area contributed by atoms with E-state index >= 15 is 0 Å². The van der Waals surface area contributed by atoms with Crippen molar-refractivity contribution in [3.8, 4) is 0 Å². The molecule has 1 heterocycles. The van der Waals surface area contributed by atoms with Gasteiger partial charge >= 0.3 is 0 Å². The zero-order valence-corrected chi connectivity index (χ0v) is 13.0. The number of nitrogens with one attached hydrogen (secondary N) is 1. The number of aryl methyl sites for hydroxylation is 2. The Labute approximate surface area is 130 Å². The number of hydrogen-bond acceptors (Lipinski definition) is 3. The van der Waals surface area contributed by atoms with E-state index < -0.39 is 0 Å². The zero-order chi connectivity index (χ0) is 15.9. The Morgan fingerprint density at radius 1 is 1.32 bits per heavy atom. The third-order valence-electron chi connectivity index (χ3n) is 3.65. The van der Waals surface area contributed by atoms with E-state index in [0.29, 0.717) is 0 Å². The van der Waals surface area contributed by atoms with Crippen molar-refractivity contribution < 1.29 is 4.79 Å². The molecule has 1 unspecified atom stereocenters. The molecule has 22 heavy (non-hydrogen) atoms. The van der Waals surface area contributed by atoms with E-state index in [2.05, 4.69) is 22.4 Å². The summed E-state index contributed by atoms with van der Waals surface area (Å²) in [7, 11) is 1.63. The summed E-state index contributed by atoms with van der Waals surface area (Å²) in [4.78, 5) is 27.9. The Morgan fingerprint density at radius 3 is 2.77 bits per heavy atom. The highest BCUT2D eigenvalue weighted by Gasteiger charge is 2.15. The maximum atomic E-state index is 12.1. The highest BCUT2D eigenvalue weighted by molar-refractivity contribution is 5.91. The van der Waals surface area contributed by atoms with Crippen LogP contribution in [0.25, 0.3) is 0 Å². The van der Waals surface area contributed by atoms with Gasteiger partial charge in [0.25, 0.3) is 5.56 Å². The van der Waals surface area contributed by atoms with Crippen molar-refractivity contribution in [2.24, 2.45) is 13.0 Å². The van der Waals surface area contributed by atoms with Crippen LogP contribution < -0.4 is 10.9 Å². The number of aromatic nitrogens is 2. The molecule has 0 fully saturated rings. The number of benzene rings is 1. The Morgan fingerprint density at radius 2 is 2.05 bits per heavy atom. The molecule has 0 saturated carbocycles. The first kappa shape index (κ1) is 15.9. The van der Waals surface area contributed by atoms with Crippen molar-refractivity contribution >= 4 is 11.7 Å². The molecular formula is C17H21N3O2. The lowest BCUT2D eigenvalue weighted by molar-refractivity contribution is -0.119. The fourth-order valence-electron chi connectivity index (χ4n) is 2.21. The van der Waals surface area contributed by atoms with Gasteiger partial charge in [0.05, 0.1) is 0 Å². The molecule has 0 aliphatic carbocycles. The number of amides is 1. The van der Waals surface area contributed by atoms with Crippen LogP contribution in [-0.2, 0) is 18.3 Å². The van der Waals surface area contributed by atoms with Gasteiger partial charge in [-0.1, -0.05) is 37.3 Å². The van der Waals surface area contributed by atoms with Crippen molar-refractivity contribution in [1.82, 2.24) is 9.55 Å². The standard InChI is InChI=1S/C17H21N3O2/c1-13(7-6-10-14-8-4-3-5-9-14)16(21)19-15-17(22)20(2)12-11-18-15/h3-5,8-9,11-13H,6-7,10H2,1-2H3,(H,18,19,21). The molecule has 0 aliphatic heterocycles. The summed E-state index contributed by atoms with van der Waals surface area (Å²) < 4.78 is 1.39. The lowest BCUT2D eigenvalue weighted by Crippen LogP contribution is -2.28. The van der Waals surface area contributed by atoms with Crippen molar-refractivity contribution in [3.63, 3.8) is 0 Å². The SMILES string of the molecule is CC(CCCc1ccccc1)C(=O)Nc1nccn(C)c1=O. The van der Waals surface area contributed by atoms with E-state index in [1.54, 1.807) is 13.2 Å². The van der Waals surface area contributed by atoms with Crippen LogP contribution in [-0.4, -0.2) is 15.5 Å². The lowest BCUT2D eigenvalue weighted by Gasteiger charge is -2.11. The van der Waals surface area contributed by atoms with E-state index in [0.717, 1.165) is 19.3 Å². The minimum atomic E-state index is -0.299. The van der Waals surface area contributed by atoms with E-state index in [-0.39, 0.29) is 23.2 Å². The minimum absolute atomic E-state index is 0.0879.